The molecule has 0 saturated carbocycles. The average Bonchev–Trinajstić information content (AvgIpc) is 2.68. The molecule has 0 bridgehead atoms. The van der Waals surface area contributed by atoms with E-state index in [9.17, 15) is 4.79 Å². The predicted octanol–water partition coefficient (Wildman–Crippen LogP) is 5.43. The van der Waals surface area contributed by atoms with E-state index in [1.807, 2.05) is 50.2 Å². The molecule has 5 heteroatoms. The molecule has 0 radical (unpaired) electrons. The van der Waals surface area contributed by atoms with E-state index in [2.05, 4.69) is 12.2 Å². The zero-order valence-corrected chi connectivity index (χ0v) is 17.6. The minimum absolute atomic E-state index is 0.000788. The molecule has 0 atom stereocenters. The topological polar surface area (TPSA) is 47.6 Å². The van der Waals surface area contributed by atoms with Crippen LogP contribution in [0.25, 0.3) is 0 Å². The van der Waals surface area contributed by atoms with Crippen LogP contribution in [0.15, 0.2) is 36.4 Å². The van der Waals surface area contributed by atoms with Crippen LogP contribution >= 0.6 is 11.6 Å². The lowest BCUT2D eigenvalue weighted by Crippen LogP contribution is -2.44. The first-order chi connectivity index (χ1) is 13.5. The summed E-state index contributed by atoms with van der Waals surface area (Å²) in [5, 5.41) is 3.81. The van der Waals surface area contributed by atoms with Crippen LogP contribution in [-0.4, -0.2) is 25.7 Å². The maximum absolute atomic E-state index is 13.4. The third-order valence-electron chi connectivity index (χ3n) is 5.35. The number of hydrogen-bond donors (Lipinski definition) is 1. The van der Waals surface area contributed by atoms with Crippen LogP contribution in [0.1, 0.15) is 42.9 Å². The van der Waals surface area contributed by atoms with Gasteiger partial charge in [-0.05, 0) is 74.1 Å². The summed E-state index contributed by atoms with van der Waals surface area (Å²) in [6.45, 7) is 7.93. The first kappa shape index (κ1) is 20.7. The molecule has 1 saturated heterocycles. The summed E-state index contributed by atoms with van der Waals surface area (Å²) in [6.07, 6.45) is 2.26. The zero-order chi connectivity index (χ0) is 20.1. The fourth-order valence-corrected chi connectivity index (χ4v) is 3.97. The second-order valence-corrected chi connectivity index (χ2v) is 7.88. The van der Waals surface area contributed by atoms with Gasteiger partial charge in [-0.1, -0.05) is 30.7 Å². The van der Waals surface area contributed by atoms with E-state index in [1.165, 1.54) is 0 Å². The van der Waals surface area contributed by atoms with E-state index in [-0.39, 0.29) is 5.91 Å². The maximum atomic E-state index is 13.4. The number of hydrogen-bond acceptors (Lipinski definition) is 3. The van der Waals surface area contributed by atoms with Gasteiger partial charge in [0.2, 0.25) is 5.91 Å². The highest BCUT2D eigenvalue weighted by Gasteiger charge is 2.41. The molecule has 0 aliphatic carbocycles. The molecule has 1 N–H and O–H groups in total. The lowest BCUT2D eigenvalue weighted by molar-refractivity contribution is -0.125. The van der Waals surface area contributed by atoms with Gasteiger partial charge in [0.1, 0.15) is 5.75 Å². The molecular weight excluding hydrogens is 374 g/mol. The lowest BCUT2D eigenvalue weighted by atomic mass is 9.73. The SMILES string of the molecule is CCCOc1c(C)cc(NC(=O)C2(c3ccc(Cl)cc3)CCOCC2)cc1C. The van der Waals surface area contributed by atoms with Gasteiger partial charge >= 0.3 is 0 Å². The number of nitrogens with one attached hydrogen (secondary N) is 1. The summed E-state index contributed by atoms with van der Waals surface area (Å²) in [4.78, 5) is 13.4. The van der Waals surface area contributed by atoms with E-state index < -0.39 is 5.41 Å². The molecule has 1 heterocycles. The number of carbonyl (C=O) groups excluding carboxylic acids is 1. The highest BCUT2D eigenvalue weighted by atomic mass is 35.5. The van der Waals surface area contributed by atoms with Gasteiger partial charge in [-0.2, -0.15) is 0 Å². The molecule has 150 valence electrons. The van der Waals surface area contributed by atoms with E-state index in [4.69, 9.17) is 21.1 Å². The monoisotopic (exact) mass is 401 g/mol. The smallest absolute Gasteiger partial charge is 0.235 e. The average molecular weight is 402 g/mol. The number of halogens is 1. The minimum atomic E-state index is -0.609. The normalized spacial score (nSPS) is 15.9. The van der Waals surface area contributed by atoms with Crippen molar-refractivity contribution >= 4 is 23.2 Å². The fraction of sp³-hybridized carbons (Fsp3) is 0.435. The summed E-state index contributed by atoms with van der Waals surface area (Å²) in [5.41, 5.74) is 3.22. The number of aryl methyl sites for hydroxylation is 2. The lowest BCUT2D eigenvalue weighted by Gasteiger charge is -2.36. The van der Waals surface area contributed by atoms with Crippen LogP contribution in [-0.2, 0) is 14.9 Å². The molecule has 4 nitrogen and oxygen atoms in total. The second kappa shape index (κ2) is 8.97. The van der Waals surface area contributed by atoms with Crippen LogP contribution in [0.5, 0.6) is 5.75 Å². The standard InChI is InChI=1S/C23H28ClNO3/c1-4-11-28-21-16(2)14-20(15-17(21)3)25-22(26)23(9-12-27-13-10-23)18-5-7-19(24)8-6-18/h5-8,14-15H,4,9-13H2,1-3H3,(H,25,26). The molecule has 28 heavy (non-hydrogen) atoms. The number of anilines is 1. The van der Waals surface area contributed by atoms with Crippen LogP contribution in [0.2, 0.25) is 5.02 Å². The first-order valence-electron chi connectivity index (χ1n) is 9.85. The van der Waals surface area contributed by atoms with Crippen molar-refractivity contribution in [1.29, 1.82) is 0 Å². The van der Waals surface area contributed by atoms with Gasteiger partial charge in [0.15, 0.2) is 0 Å². The molecule has 2 aromatic carbocycles. The van der Waals surface area contributed by atoms with Gasteiger partial charge in [0.05, 0.1) is 12.0 Å². The Morgan fingerprint density at radius 2 is 1.75 bits per heavy atom. The quantitative estimate of drug-likeness (QED) is 0.701. The number of rotatable bonds is 6. The van der Waals surface area contributed by atoms with Crippen molar-refractivity contribution in [3.05, 3.63) is 58.1 Å². The van der Waals surface area contributed by atoms with Gasteiger partial charge in [0, 0.05) is 23.9 Å². The minimum Gasteiger partial charge on any atom is -0.493 e. The zero-order valence-electron chi connectivity index (χ0n) is 16.8. The third-order valence-corrected chi connectivity index (χ3v) is 5.60. The van der Waals surface area contributed by atoms with Crippen LogP contribution in [0.4, 0.5) is 5.69 Å². The summed E-state index contributed by atoms with van der Waals surface area (Å²) < 4.78 is 11.4. The second-order valence-electron chi connectivity index (χ2n) is 7.44. The van der Waals surface area contributed by atoms with Crippen molar-refractivity contribution in [2.75, 3.05) is 25.1 Å². The highest BCUT2D eigenvalue weighted by Crippen LogP contribution is 2.37. The molecule has 0 unspecified atom stereocenters. The summed E-state index contributed by atoms with van der Waals surface area (Å²) in [6, 6.07) is 11.5. The molecule has 3 rings (SSSR count). The van der Waals surface area contributed by atoms with Gasteiger partial charge in [-0.15, -0.1) is 0 Å². The van der Waals surface area contributed by atoms with Crippen molar-refractivity contribution < 1.29 is 14.3 Å². The van der Waals surface area contributed by atoms with E-state index in [0.717, 1.165) is 34.5 Å². The Morgan fingerprint density at radius 1 is 1.14 bits per heavy atom. The molecular formula is C23H28ClNO3. The van der Waals surface area contributed by atoms with E-state index in [0.29, 0.717) is 37.7 Å². The molecule has 1 aliphatic rings. The molecule has 2 aromatic rings. The van der Waals surface area contributed by atoms with Gasteiger partial charge < -0.3 is 14.8 Å². The van der Waals surface area contributed by atoms with Crippen molar-refractivity contribution in [2.24, 2.45) is 0 Å². The molecule has 0 spiro atoms. The molecule has 1 aliphatic heterocycles. The molecule has 1 fully saturated rings. The Kier molecular flexibility index (Phi) is 6.63. The van der Waals surface area contributed by atoms with E-state index >= 15 is 0 Å². The van der Waals surface area contributed by atoms with Gasteiger partial charge in [-0.25, -0.2) is 0 Å². The van der Waals surface area contributed by atoms with Gasteiger partial charge in [-0.3, -0.25) is 4.79 Å². The Bertz CT molecular complexity index is 803. The highest BCUT2D eigenvalue weighted by molar-refractivity contribution is 6.30. The van der Waals surface area contributed by atoms with Crippen molar-refractivity contribution in [1.82, 2.24) is 0 Å². The van der Waals surface area contributed by atoms with Crippen molar-refractivity contribution in [3.8, 4) is 5.75 Å². The Labute approximate surface area is 172 Å². The number of benzene rings is 2. The maximum Gasteiger partial charge on any atom is 0.235 e. The van der Waals surface area contributed by atoms with Crippen LogP contribution < -0.4 is 10.1 Å². The Morgan fingerprint density at radius 3 is 2.32 bits per heavy atom. The number of ether oxygens (including phenoxy) is 2. The summed E-state index contributed by atoms with van der Waals surface area (Å²) in [7, 11) is 0. The Balaban J connectivity index is 1.87. The summed E-state index contributed by atoms with van der Waals surface area (Å²) in [5.74, 6) is 0.900. The number of carbonyl (C=O) groups is 1. The summed E-state index contributed by atoms with van der Waals surface area (Å²) >= 11 is 6.05. The predicted molar refractivity (Wildman–Crippen MR) is 114 cm³/mol. The van der Waals surface area contributed by atoms with E-state index in [1.54, 1.807) is 0 Å². The molecule has 0 aromatic heterocycles. The van der Waals surface area contributed by atoms with Crippen molar-refractivity contribution in [2.45, 2.75) is 45.4 Å². The molecule has 1 amide bonds. The third kappa shape index (κ3) is 4.34. The first-order valence-corrected chi connectivity index (χ1v) is 10.2. The number of amides is 1. The fourth-order valence-electron chi connectivity index (χ4n) is 3.84. The van der Waals surface area contributed by atoms with Gasteiger partial charge in [0.25, 0.3) is 0 Å². The largest absolute Gasteiger partial charge is 0.493 e. The van der Waals surface area contributed by atoms with Crippen LogP contribution in [0.3, 0.4) is 0 Å². The van der Waals surface area contributed by atoms with Crippen molar-refractivity contribution in [3.63, 3.8) is 0 Å². The Hall–Kier alpha value is -2.04. The van der Waals surface area contributed by atoms with Crippen LogP contribution in [0, 0.1) is 13.8 Å².